The van der Waals surface area contributed by atoms with E-state index in [2.05, 4.69) is 0 Å². The third kappa shape index (κ3) is 3.55. The van der Waals surface area contributed by atoms with E-state index in [0.29, 0.717) is 12.0 Å². The molecule has 2 aliphatic rings. The number of piperidine rings is 1. The summed E-state index contributed by atoms with van der Waals surface area (Å²) in [6, 6.07) is 2.80. The summed E-state index contributed by atoms with van der Waals surface area (Å²) in [5, 5.41) is 0. The van der Waals surface area contributed by atoms with Crippen LogP contribution in [0.15, 0.2) is 18.2 Å². The zero-order valence-corrected chi connectivity index (χ0v) is 15.2. The number of ether oxygens (including phenoxy) is 1. The smallest absolute Gasteiger partial charge is 0.411 e. The van der Waals surface area contributed by atoms with Crippen LogP contribution in [0.3, 0.4) is 0 Å². The van der Waals surface area contributed by atoms with Gasteiger partial charge in [0, 0.05) is 6.04 Å². The van der Waals surface area contributed by atoms with Crippen molar-refractivity contribution in [2.24, 2.45) is 0 Å². The fraction of sp³-hybridized carbons (Fsp3) is 0.550. The van der Waals surface area contributed by atoms with Crippen LogP contribution in [0.2, 0.25) is 0 Å². The number of fused-ring (bicyclic) bond motifs is 2. The number of hydrogen-bond acceptors (Lipinski definition) is 2. The molecule has 5 heteroatoms. The zero-order chi connectivity index (χ0) is 18.4. The van der Waals surface area contributed by atoms with Crippen LogP contribution in [0.1, 0.15) is 57.6 Å². The number of carbonyl (C=O) groups excluding carboxylic acids is 1. The lowest BCUT2D eigenvalue weighted by atomic mass is 9.82. The van der Waals surface area contributed by atoms with E-state index in [1.54, 1.807) is 13.0 Å². The van der Waals surface area contributed by atoms with Crippen molar-refractivity contribution in [1.82, 2.24) is 4.90 Å². The lowest BCUT2D eigenvalue weighted by Gasteiger charge is -2.45. The molecule has 1 aromatic carbocycles. The molecular weight excluding hydrogens is 324 g/mol. The maximum absolute atomic E-state index is 13.9. The lowest BCUT2D eigenvalue weighted by Crippen LogP contribution is -2.53. The largest absolute Gasteiger partial charge is 0.444 e. The molecule has 0 radical (unpaired) electrons. The van der Waals surface area contributed by atoms with Gasteiger partial charge in [0.1, 0.15) is 5.60 Å². The summed E-state index contributed by atoms with van der Waals surface area (Å²) in [6.07, 6.45) is 5.19. The highest BCUT2D eigenvalue weighted by Gasteiger charge is 2.39. The second-order valence-corrected chi connectivity index (χ2v) is 7.97. The Bertz CT molecular complexity index is 721. The standard InChI is InChI=1S/C20H25F2NO2/c1-12-16(8-9-17(21)18(12)22)13-10-14-6-5-7-15(11-13)23(14)19(24)25-20(2,3)4/h8-10,14-15H,5-7,11H2,1-4H3. The van der Waals surface area contributed by atoms with Crippen molar-refractivity contribution in [1.29, 1.82) is 0 Å². The molecule has 2 bridgehead atoms. The van der Waals surface area contributed by atoms with E-state index in [0.717, 1.165) is 30.4 Å². The van der Waals surface area contributed by atoms with Crippen molar-refractivity contribution < 1.29 is 18.3 Å². The van der Waals surface area contributed by atoms with Gasteiger partial charge < -0.3 is 4.74 Å². The van der Waals surface area contributed by atoms with Crippen molar-refractivity contribution in [2.75, 3.05) is 0 Å². The summed E-state index contributed by atoms with van der Waals surface area (Å²) in [4.78, 5) is 14.4. The summed E-state index contributed by atoms with van der Waals surface area (Å²) >= 11 is 0. The van der Waals surface area contributed by atoms with E-state index in [1.807, 2.05) is 31.7 Å². The average molecular weight is 349 g/mol. The minimum absolute atomic E-state index is 0.0427. The van der Waals surface area contributed by atoms with Gasteiger partial charge in [0.2, 0.25) is 0 Å². The van der Waals surface area contributed by atoms with Gasteiger partial charge in [-0.3, -0.25) is 4.90 Å². The van der Waals surface area contributed by atoms with E-state index in [4.69, 9.17) is 4.74 Å². The summed E-state index contributed by atoms with van der Waals surface area (Å²) < 4.78 is 32.9. The van der Waals surface area contributed by atoms with Crippen molar-refractivity contribution in [3.05, 3.63) is 41.0 Å². The van der Waals surface area contributed by atoms with Gasteiger partial charge in [-0.25, -0.2) is 13.6 Å². The molecule has 0 N–H and O–H groups in total. The predicted octanol–water partition coefficient (Wildman–Crippen LogP) is 5.22. The molecule has 0 aromatic heterocycles. The molecule has 2 atom stereocenters. The molecule has 1 saturated heterocycles. The normalized spacial score (nSPS) is 23.3. The topological polar surface area (TPSA) is 29.5 Å². The van der Waals surface area contributed by atoms with Gasteiger partial charge >= 0.3 is 6.09 Å². The first kappa shape index (κ1) is 17.9. The summed E-state index contributed by atoms with van der Waals surface area (Å²) in [6.45, 7) is 7.17. The van der Waals surface area contributed by atoms with Crippen molar-refractivity contribution in [3.63, 3.8) is 0 Å². The Morgan fingerprint density at radius 2 is 1.96 bits per heavy atom. The van der Waals surface area contributed by atoms with Crippen LogP contribution in [-0.4, -0.2) is 28.7 Å². The molecule has 2 heterocycles. The highest BCUT2D eigenvalue weighted by molar-refractivity contribution is 5.75. The van der Waals surface area contributed by atoms with E-state index in [-0.39, 0.29) is 18.2 Å². The van der Waals surface area contributed by atoms with Crippen molar-refractivity contribution in [3.8, 4) is 0 Å². The van der Waals surface area contributed by atoms with Gasteiger partial charge in [-0.05, 0) is 76.1 Å². The van der Waals surface area contributed by atoms with Crippen LogP contribution < -0.4 is 0 Å². The Morgan fingerprint density at radius 1 is 1.24 bits per heavy atom. The first-order valence-corrected chi connectivity index (χ1v) is 8.84. The Hall–Kier alpha value is -1.91. The van der Waals surface area contributed by atoms with E-state index in [1.165, 1.54) is 6.07 Å². The Kier molecular flexibility index (Phi) is 4.60. The SMILES string of the molecule is Cc1c(C2=CC3CCCC(C2)N3C(=O)OC(C)(C)C)ccc(F)c1F. The van der Waals surface area contributed by atoms with Gasteiger partial charge in [-0.1, -0.05) is 12.1 Å². The summed E-state index contributed by atoms with van der Waals surface area (Å²) in [5.41, 5.74) is 1.52. The highest BCUT2D eigenvalue weighted by atomic mass is 19.2. The van der Waals surface area contributed by atoms with Crippen LogP contribution in [0.4, 0.5) is 13.6 Å². The lowest BCUT2D eigenvalue weighted by molar-refractivity contribution is 0.0000822. The molecule has 2 unspecified atom stereocenters. The molecule has 1 amide bonds. The Balaban J connectivity index is 1.92. The zero-order valence-electron chi connectivity index (χ0n) is 15.2. The van der Waals surface area contributed by atoms with Crippen molar-refractivity contribution >= 4 is 11.7 Å². The number of halogens is 2. The second kappa shape index (κ2) is 6.43. The van der Waals surface area contributed by atoms with Crippen LogP contribution in [-0.2, 0) is 4.74 Å². The maximum atomic E-state index is 13.9. The molecule has 3 nitrogen and oxygen atoms in total. The minimum Gasteiger partial charge on any atom is -0.444 e. The third-order valence-electron chi connectivity index (χ3n) is 4.93. The molecule has 3 rings (SSSR count). The molecule has 0 saturated carbocycles. The fourth-order valence-corrected chi connectivity index (χ4v) is 3.83. The van der Waals surface area contributed by atoms with Crippen LogP contribution >= 0.6 is 0 Å². The second-order valence-electron chi connectivity index (χ2n) is 7.97. The maximum Gasteiger partial charge on any atom is 0.411 e. The minimum atomic E-state index is -0.826. The van der Waals surface area contributed by atoms with E-state index >= 15 is 0 Å². The van der Waals surface area contributed by atoms with E-state index < -0.39 is 17.2 Å². The molecule has 1 fully saturated rings. The summed E-state index contributed by atoms with van der Waals surface area (Å²) in [5.74, 6) is -1.62. The molecule has 2 aliphatic heterocycles. The molecule has 0 aliphatic carbocycles. The average Bonchev–Trinajstić information content (AvgIpc) is 2.50. The Morgan fingerprint density at radius 3 is 2.60 bits per heavy atom. The number of rotatable bonds is 1. The number of amides is 1. The fourth-order valence-electron chi connectivity index (χ4n) is 3.83. The van der Waals surface area contributed by atoms with Gasteiger partial charge in [0.15, 0.2) is 11.6 Å². The number of nitrogens with zero attached hydrogens (tertiary/aromatic N) is 1. The predicted molar refractivity (Wildman–Crippen MR) is 93.2 cm³/mol. The molecule has 1 aromatic rings. The molecule has 0 spiro atoms. The highest BCUT2D eigenvalue weighted by Crippen LogP contribution is 2.39. The van der Waals surface area contributed by atoms with Gasteiger partial charge in [-0.2, -0.15) is 0 Å². The van der Waals surface area contributed by atoms with Gasteiger partial charge in [-0.15, -0.1) is 0 Å². The molecule has 136 valence electrons. The first-order valence-electron chi connectivity index (χ1n) is 8.84. The molecular formula is C20H25F2NO2. The van der Waals surface area contributed by atoms with Crippen molar-refractivity contribution in [2.45, 2.75) is 71.1 Å². The van der Waals surface area contributed by atoms with Gasteiger partial charge in [0.05, 0.1) is 6.04 Å². The third-order valence-corrected chi connectivity index (χ3v) is 4.93. The van der Waals surface area contributed by atoms with E-state index in [9.17, 15) is 13.6 Å². The van der Waals surface area contributed by atoms with Crippen LogP contribution in [0, 0.1) is 18.6 Å². The quantitative estimate of drug-likeness (QED) is 0.696. The van der Waals surface area contributed by atoms with Crippen LogP contribution in [0.25, 0.3) is 5.57 Å². The van der Waals surface area contributed by atoms with Gasteiger partial charge in [0.25, 0.3) is 0 Å². The first-order chi connectivity index (χ1) is 11.7. The summed E-state index contributed by atoms with van der Waals surface area (Å²) in [7, 11) is 0. The monoisotopic (exact) mass is 349 g/mol. The molecule has 25 heavy (non-hydrogen) atoms. The van der Waals surface area contributed by atoms with Crippen LogP contribution in [0.5, 0.6) is 0 Å². The number of benzene rings is 1. The Labute approximate surface area is 147 Å². The number of hydrogen-bond donors (Lipinski definition) is 0. The number of carbonyl (C=O) groups is 1.